The van der Waals surface area contributed by atoms with Gasteiger partial charge in [-0.3, -0.25) is 4.79 Å². The van der Waals surface area contributed by atoms with Crippen LogP contribution in [0.1, 0.15) is 25.3 Å². The Balaban J connectivity index is 2.53. The molecule has 0 spiro atoms. The first-order chi connectivity index (χ1) is 11.0. The fraction of sp³-hybridized carbons (Fsp3) is 0.529. The van der Waals surface area contributed by atoms with Gasteiger partial charge < -0.3 is 15.5 Å². The fourth-order valence-electron chi connectivity index (χ4n) is 1.86. The van der Waals surface area contributed by atoms with E-state index in [1.54, 1.807) is 26.2 Å². The summed E-state index contributed by atoms with van der Waals surface area (Å²) in [5.41, 5.74) is 0.664. The highest BCUT2D eigenvalue weighted by Crippen LogP contribution is 2.06. The normalized spacial score (nSPS) is 11.2. The summed E-state index contributed by atoms with van der Waals surface area (Å²) in [7, 11) is 3.40. The van der Waals surface area contributed by atoms with Gasteiger partial charge in [0, 0.05) is 27.2 Å². The van der Waals surface area contributed by atoms with E-state index in [1.165, 1.54) is 11.0 Å². The van der Waals surface area contributed by atoms with Crippen molar-refractivity contribution >= 4 is 11.9 Å². The van der Waals surface area contributed by atoms with Crippen molar-refractivity contribution in [2.75, 3.05) is 33.7 Å². The maximum absolute atomic E-state index is 13.6. The van der Waals surface area contributed by atoms with Crippen LogP contribution in [0.3, 0.4) is 0 Å². The lowest BCUT2D eigenvalue weighted by molar-refractivity contribution is -0.127. The van der Waals surface area contributed by atoms with E-state index < -0.39 is 0 Å². The highest BCUT2D eigenvalue weighted by atomic mass is 19.1. The Kier molecular flexibility index (Phi) is 8.72. The van der Waals surface area contributed by atoms with Crippen LogP contribution in [-0.2, 0) is 11.2 Å². The summed E-state index contributed by atoms with van der Waals surface area (Å²) in [6.07, 6.45) is 2.66. The molecule has 0 aliphatic heterocycles. The predicted octanol–water partition coefficient (Wildman–Crippen LogP) is 1.79. The number of amides is 1. The average Bonchev–Trinajstić information content (AvgIpc) is 2.53. The van der Waals surface area contributed by atoms with Crippen molar-refractivity contribution in [3.8, 4) is 0 Å². The van der Waals surface area contributed by atoms with E-state index in [1.807, 2.05) is 6.07 Å². The van der Waals surface area contributed by atoms with Crippen LogP contribution in [0, 0.1) is 5.82 Å². The number of benzene rings is 1. The van der Waals surface area contributed by atoms with Crippen LogP contribution < -0.4 is 10.6 Å². The van der Waals surface area contributed by atoms with Crippen LogP contribution in [-0.4, -0.2) is 50.5 Å². The molecule has 0 unspecified atom stereocenters. The van der Waals surface area contributed by atoms with E-state index in [0.717, 1.165) is 19.4 Å². The number of aliphatic imine (C=N–C) groups is 1. The number of unbranched alkanes of at least 4 members (excludes halogenated alkanes) is 1. The number of hydrogen-bond acceptors (Lipinski definition) is 2. The molecule has 1 rings (SSSR count). The summed E-state index contributed by atoms with van der Waals surface area (Å²) in [5, 5.41) is 6.34. The van der Waals surface area contributed by atoms with Gasteiger partial charge in [-0.15, -0.1) is 0 Å². The molecular formula is C17H27FN4O. The lowest BCUT2D eigenvalue weighted by atomic mass is 10.1. The maximum Gasteiger partial charge on any atom is 0.243 e. The van der Waals surface area contributed by atoms with Crippen molar-refractivity contribution in [2.45, 2.75) is 26.2 Å². The van der Waals surface area contributed by atoms with Crippen LogP contribution in [0.15, 0.2) is 29.3 Å². The van der Waals surface area contributed by atoms with E-state index in [-0.39, 0.29) is 18.3 Å². The smallest absolute Gasteiger partial charge is 0.243 e. The van der Waals surface area contributed by atoms with E-state index in [2.05, 4.69) is 22.5 Å². The van der Waals surface area contributed by atoms with E-state index in [9.17, 15) is 9.18 Å². The van der Waals surface area contributed by atoms with Gasteiger partial charge in [0.25, 0.3) is 0 Å². The third-order valence-electron chi connectivity index (χ3n) is 3.34. The number of halogens is 1. The van der Waals surface area contributed by atoms with Gasteiger partial charge in [-0.25, -0.2) is 9.38 Å². The topological polar surface area (TPSA) is 56.7 Å². The van der Waals surface area contributed by atoms with E-state index in [4.69, 9.17) is 0 Å². The Morgan fingerprint density at radius 3 is 2.57 bits per heavy atom. The van der Waals surface area contributed by atoms with Gasteiger partial charge in [-0.2, -0.15) is 0 Å². The second kappa shape index (κ2) is 10.6. The Morgan fingerprint density at radius 1 is 1.22 bits per heavy atom. The zero-order valence-corrected chi connectivity index (χ0v) is 14.2. The monoisotopic (exact) mass is 322 g/mol. The first-order valence-corrected chi connectivity index (χ1v) is 8.00. The van der Waals surface area contributed by atoms with Gasteiger partial charge in [0.2, 0.25) is 5.91 Å². The van der Waals surface area contributed by atoms with Crippen molar-refractivity contribution < 1.29 is 9.18 Å². The summed E-state index contributed by atoms with van der Waals surface area (Å²) < 4.78 is 13.6. The zero-order valence-electron chi connectivity index (χ0n) is 14.2. The minimum Gasteiger partial charge on any atom is -0.356 e. The van der Waals surface area contributed by atoms with Gasteiger partial charge in [-0.05, 0) is 24.5 Å². The van der Waals surface area contributed by atoms with Gasteiger partial charge >= 0.3 is 0 Å². The lowest BCUT2D eigenvalue weighted by Crippen LogP contribution is -2.40. The molecule has 5 nitrogen and oxygen atoms in total. The fourth-order valence-corrected chi connectivity index (χ4v) is 1.86. The summed E-state index contributed by atoms with van der Waals surface area (Å²) in [4.78, 5) is 17.4. The molecule has 1 aromatic carbocycles. The quantitative estimate of drug-likeness (QED) is 0.436. The van der Waals surface area contributed by atoms with E-state index >= 15 is 0 Å². The molecular weight excluding hydrogens is 295 g/mol. The molecule has 0 saturated carbocycles. The highest BCUT2D eigenvalue weighted by Gasteiger charge is 2.05. The molecule has 0 heterocycles. The van der Waals surface area contributed by atoms with Crippen molar-refractivity contribution in [1.82, 2.24) is 15.5 Å². The molecule has 2 N–H and O–H groups in total. The second-order valence-corrected chi connectivity index (χ2v) is 5.50. The number of nitrogens with zero attached hydrogens (tertiary/aromatic N) is 2. The zero-order chi connectivity index (χ0) is 17.1. The summed E-state index contributed by atoms with van der Waals surface area (Å²) in [5.74, 6) is 0.329. The minimum absolute atomic E-state index is 0.0595. The summed E-state index contributed by atoms with van der Waals surface area (Å²) >= 11 is 0. The second-order valence-electron chi connectivity index (χ2n) is 5.50. The largest absolute Gasteiger partial charge is 0.356 e. The number of rotatable bonds is 8. The molecule has 23 heavy (non-hydrogen) atoms. The number of hydrogen-bond donors (Lipinski definition) is 2. The Labute approximate surface area is 138 Å². The third-order valence-corrected chi connectivity index (χ3v) is 3.34. The lowest BCUT2D eigenvalue weighted by Gasteiger charge is -2.13. The molecule has 0 radical (unpaired) electrons. The van der Waals surface area contributed by atoms with Crippen molar-refractivity contribution in [2.24, 2.45) is 4.99 Å². The molecule has 1 aromatic rings. The van der Waals surface area contributed by atoms with Crippen LogP contribution in [0.5, 0.6) is 0 Å². The van der Waals surface area contributed by atoms with Gasteiger partial charge in [0.05, 0.1) is 0 Å². The summed E-state index contributed by atoms with van der Waals surface area (Å²) in [6.45, 7) is 3.54. The van der Waals surface area contributed by atoms with Gasteiger partial charge in [-0.1, -0.05) is 31.5 Å². The molecule has 0 bridgehead atoms. The van der Waals surface area contributed by atoms with E-state index in [0.29, 0.717) is 24.5 Å². The molecule has 0 fully saturated rings. The van der Waals surface area contributed by atoms with Crippen LogP contribution in [0.4, 0.5) is 4.39 Å². The molecule has 0 aromatic heterocycles. The number of carbonyl (C=O) groups excluding carboxylic acids is 1. The number of likely N-dealkylation sites (N-methyl/N-ethyl adjacent to an activating group) is 1. The standard InChI is InChI=1S/C17H27FN4O/c1-4-5-11-19-17(21-13-16(23)22(2)3)20-12-10-14-8-6-7-9-15(14)18/h6-9H,4-5,10-13H2,1-3H3,(H2,19,20,21). The molecule has 0 atom stereocenters. The van der Waals surface area contributed by atoms with Crippen LogP contribution >= 0.6 is 0 Å². The third kappa shape index (κ3) is 7.63. The van der Waals surface area contributed by atoms with Crippen molar-refractivity contribution in [3.05, 3.63) is 35.6 Å². The minimum atomic E-state index is -0.200. The number of carbonyl (C=O) groups is 1. The van der Waals surface area contributed by atoms with Crippen molar-refractivity contribution in [3.63, 3.8) is 0 Å². The maximum atomic E-state index is 13.6. The number of guanidine groups is 1. The average molecular weight is 322 g/mol. The van der Waals surface area contributed by atoms with Gasteiger partial charge in [0.1, 0.15) is 12.4 Å². The van der Waals surface area contributed by atoms with Crippen molar-refractivity contribution in [1.29, 1.82) is 0 Å². The predicted molar refractivity (Wildman–Crippen MR) is 92.0 cm³/mol. The Bertz CT molecular complexity index is 517. The molecule has 0 saturated heterocycles. The number of nitrogens with one attached hydrogen (secondary N) is 2. The van der Waals surface area contributed by atoms with Crippen LogP contribution in [0.25, 0.3) is 0 Å². The first-order valence-electron chi connectivity index (χ1n) is 8.00. The molecule has 1 amide bonds. The summed E-state index contributed by atoms with van der Waals surface area (Å²) in [6, 6.07) is 6.73. The molecule has 128 valence electrons. The SMILES string of the molecule is CCCCNC(=NCC(=O)N(C)C)NCCc1ccccc1F. The first kappa shape index (κ1) is 18.9. The van der Waals surface area contributed by atoms with Crippen LogP contribution in [0.2, 0.25) is 0 Å². The highest BCUT2D eigenvalue weighted by molar-refractivity contribution is 5.84. The molecule has 0 aliphatic carbocycles. The Morgan fingerprint density at radius 2 is 1.91 bits per heavy atom. The molecule has 0 aliphatic rings. The Hall–Kier alpha value is -2.11. The molecule has 6 heteroatoms. The van der Waals surface area contributed by atoms with Gasteiger partial charge in [0.15, 0.2) is 5.96 Å².